The molecular formula is C13H18F2N2O. The maximum atomic E-state index is 13.3. The number of nitrogens with zero attached hydrogens (tertiary/aromatic N) is 1. The number of rotatable bonds is 5. The van der Waals surface area contributed by atoms with E-state index in [0.29, 0.717) is 5.56 Å². The van der Waals surface area contributed by atoms with Crippen molar-refractivity contribution in [2.75, 3.05) is 6.61 Å². The molecule has 3 nitrogen and oxygen atoms in total. The summed E-state index contributed by atoms with van der Waals surface area (Å²) in [6, 6.07) is 1.63. The number of alkyl halides is 2. The number of aryl methyl sites for hydroxylation is 1. The monoisotopic (exact) mass is 256 g/mol. The SMILES string of the molecule is C=C(C)C(F)(F)COc1ncc(C(C)N)cc1C. The number of nitrogens with two attached hydrogens (primary N) is 1. The fourth-order valence-electron chi connectivity index (χ4n) is 1.27. The maximum Gasteiger partial charge on any atom is 0.302 e. The van der Waals surface area contributed by atoms with Crippen LogP contribution < -0.4 is 10.5 Å². The molecule has 0 spiro atoms. The Morgan fingerprint density at radius 2 is 2.22 bits per heavy atom. The van der Waals surface area contributed by atoms with Crippen LogP contribution in [0.15, 0.2) is 24.4 Å². The molecule has 0 amide bonds. The second-order valence-corrected chi connectivity index (χ2v) is 4.45. The van der Waals surface area contributed by atoms with Crippen LogP contribution in [0.4, 0.5) is 8.78 Å². The van der Waals surface area contributed by atoms with E-state index in [4.69, 9.17) is 10.5 Å². The molecule has 0 fully saturated rings. The lowest BCUT2D eigenvalue weighted by Crippen LogP contribution is -2.27. The standard InChI is InChI=1S/C13H18F2N2O/c1-8(2)13(14,15)7-18-12-9(3)5-11(6-17-12)10(4)16/h5-6,10H,1,7,16H2,2-4H3. The summed E-state index contributed by atoms with van der Waals surface area (Å²) >= 11 is 0. The Balaban J connectivity index is 2.78. The van der Waals surface area contributed by atoms with E-state index in [2.05, 4.69) is 11.6 Å². The van der Waals surface area contributed by atoms with Gasteiger partial charge in [0.05, 0.1) is 0 Å². The average Bonchev–Trinajstić information content (AvgIpc) is 2.26. The van der Waals surface area contributed by atoms with Crippen LogP contribution in [0.3, 0.4) is 0 Å². The van der Waals surface area contributed by atoms with Gasteiger partial charge < -0.3 is 10.5 Å². The molecule has 1 aromatic rings. The summed E-state index contributed by atoms with van der Waals surface area (Å²) in [6.07, 6.45) is 1.53. The lowest BCUT2D eigenvalue weighted by atomic mass is 10.1. The van der Waals surface area contributed by atoms with Gasteiger partial charge in [-0.1, -0.05) is 6.58 Å². The first-order chi connectivity index (χ1) is 8.24. The summed E-state index contributed by atoms with van der Waals surface area (Å²) in [7, 11) is 0. The Bertz CT molecular complexity index is 445. The maximum absolute atomic E-state index is 13.3. The van der Waals surface area contributed by atoms with Crippen molar-refractivity contribution in [1.82, 2.24) is 4.98 Å². The highest BCUT2D eigenvalue weighted by Crippen LogP contribution is 2.25. The highest BCUT2D eigenvalue weighted by molar-refractivity contribution is 5.30. The van der Waals surface area contributed by atoms with E-state index in [1.165, 1.54) is 13.1 Å². The molecule has 5 heteroatoms. The van der Waals surface area contributed by atoms with Gasteiger partial charge in [-0.2, -0.15) is 8.78 Å². The summed E-state index contributed by atoms with van der Waals surface area (Å²) < 4.78 is 31.6. The van der Waals surface area contributed by atoms with E-state index >= 15 is 0 Å². The summed E-state index contributed by atoms with van der Waals surface area (Å²) in [5.41, 5.74) is 7.00. The second kappa shape index (κ2) is 5.44. The molecule has 0 saturated carbocycles. The van der Waals surface area contributed by atoms with Crippen LogP contribution in [-0.4, -0.2) is 17.5 Å². The van der Waals surface area contributed by atoms with Gasteiger partial charge in [-0.25, -0.2) is 4.98 Å². The molecule has 1 atom stereocenters. The number of hydrogen-bond acceptors (Lipinski definition) is 3. The van der Waals surface area contributed by atoms with Gasteiger partial charge in [0.2, 0.25) is 5.88 Å². The molecule has 0 saturated heterocycles. The molecule has 0 aliphatic carbocycles. The molecule has 0 radical (unpaired) electrons. The number of pyridine rings is 1. The van der Waals surface area contributed by atoms with E-state index in [1.807, 2.05) is 6.92 Å². The second-order valence-electron chi connectivity index (χ2n) is 4.45. The van der Waals surface area contributed by atoms with Crippen LogP contribution in [-0.2, 0) is 0 Å². The molecule has 1 aromatic heterocycles. The molecule has 100 valence electrons. The minimum absolute atomic E-state index is 0.151. The third-order valence-corrected chi connectivity index (χ3v) is 2.59. The van der Waals surface area contributed by atoms with Crippen LogP contribution in [0.2, 0.25) is 0 Å². The zero-order valence-corrected chi connectivity index (χ0v) is 10.8. The van der Waals surface area contributed by atoms with Crippen molar-refractivity contribution in [3.63, 3.8) is 0 Å². The molecular weight excluding hydrogens is 238 g/mol. The molecule has 0 aliphatic heterocycles. The average molecular weight is 256 g/mol. The van der Waals surface area contributed by atoms with Crippen LogP contribution in [0.25, 0.3) is 0 Å². The van der Waals surface area contributed by atoms with Crippen LogP contribution in [0.1, 0.15) is 31.0 Å². The van der Waals surface area contributed by atoms with Gasteiger partial charge in [-0.05, 0) is 38.0 Å². The van der Waals surface area contributed by atoms with Gasteiger partial charge in [0.25, 0.3) is 0 Å². The number of halogens is 2. The quantitative estimate of drug-likeness (QED) is 0.824. The predicted octanol–water partition coefficient (Wildman–Crippen LogP) is 3.00. The smallest absolute Gasteiger partial charge is 0.302 e. The first-order valence-corrected chi connectivity index (χ1v) is 5.63. The molecule has 0 aliphatic rings. The van der Waals surface area contributed by atoms with Crippen molar-refractivity contribution >= 4 is 0 Å². The first-order valence-electron chi connectivity index (χ1n) is 5.63. The van der Waals surface area contributed by atoms with Gasteiger partial charge in [-0.3, -0.25) is 0 Å². The minimum atomic E-state index is -3.05. The fraction of sp³-hybridized carbons (Fsp3) is 0.462. The highest BCUT2D eigenvalue weighted by atomic mass is 19.3. The molecule has 1 heterocycles. The van der Waals surface area contributed by atoms with Crippen molar-refractivity contribution in [3.8, 4) is 5.88 Å². The van der Waals surface area contributed by atoms with E-state index in [9.17, 15) is 8.78 Å². The molecule has 0 aromatic carbocycles. The zero-order chi connectivity index (χ0) is 13.9. The Kier molecular flexibility index (Phi) is 4.40. The topological polar surface area (TPSA) is 48.1 Å². The largest absolute Gasteiger partial charge is 0.471 e. The van der Waals surface area contributed by atoms with Gasteiger partial charge >= 0.3 is 5.92 Å². The van der Waals surface area contributed by atoms with Crippen molar-refractivity contribution in [2.24, 2.45) is 5.73 Å². The molecule has 0 bridgehead atoms. The van der Waals surface area contributed by atoms with Gasteiger partial charge in [-0.15, -0.1) is 0 Å². The third-order valence-electron chi connectivity index (χ3n) is 2.59. The van der Waals surface area contributed by atoms with Crippen molar-refractivity contribution < 1.29 is 13.5 Å². The van der Waals surface area contributed by atoms with Crippen LogP contribution in [0.5, 0.6) is 5.88 Å². The summed E-state index contributed by atoms with van der Waals surface area (Å²) in [6.45, 7) is 7.31. The Hall–Kier alpha value is -1.49. The van der Waals surface area contributed by atoms with Crippen molar-refractivity contribution in [2.45, 2.75) is 32.7 Å². The number of ether oxygens (including phenoxy) is 1. The lowest BCUT2D eigenvalue weighted by Gasteiger charge is -2.17. The van der Waals surface area contributed by atoms with E-state index in [0.717, 1.165) is 5.56 Å². The molecule has 1 rings (SSSR count). The van der Waals surface area contributed by atoms with Crippen LogP contribution >= 0.6 is 0 Å². The van der Waals surface area contributed by atoms with Crippen molar-refractivity contribution in [1.29, 1.82) is 0 Å². The first kappa shape index (κ1) is 14.6. The summed E-state index contributed by atoms with van der Waals surface area (Å²) in [4.78, 5) is 4.00. The third kappa shape index (κ3) is 3.50. The van der Waals surface area contributed by atoms with E-state index in [1.54, 1.807) is 13.0 Å². The normalized spacial score (nSPS) is 13.2. The van der Waals surface area contributed by atoms with Crippen LogP contribution in [0, 0.1) is 6.92 Å². The Morgan fingerprint density at radius 1 is 1.61 bits per heavy atom. The minimum Gasteiger partial charge on any atom is -0.471 e. The summed E-state index contributed by atoms with van der Waals surface area (Å²) in [5.74, 6) is -2.85. The predicted molar refractivity (Wildman–Crippen MR) is 66.8 cm³/mol. The Morgan fingerprint density at radius 3 is 2.67 bits per heavy atom. The molecule has 18 heavy (non-hydrogen) atoms. The van der Waals surface area contributed by atoms with Gasteiger partial charge in [0.15, 0.2) is 6.61 Å². The van der Waals surface area contributed by atoms with Gasteiger partial charge in [0.1, 0.15) is 0 Å². The Labute approximate surface area is 106 Å². The van der Waals surface area contributed by atoms with Gasteiger partial charge in [0, 0.05) is 17.8 Å². The lowest BCUT2D eigenvalue weighted by molar-refractivity contribution is -0.00716. The molecule has 1 unspecified atom stereocenters. The van der Waals surface area contributed by atoms with Crippen molar-refractivity contribution in [3.05, 3.63) is 35.5 Å². The highest BCUT2D eigenvalue weighted by Gasteiger charge is 2.31. The number of aromatic nitrogens is 1. The zero-order valence-electron chi connectivity index (χ0n) is 10.8. The molecule has 2 N–H and O–H groups in total. The number of hydrogen-bond donors (Lipinski definition) is 1. The summed E-state index contributed by atoms with van der Waals surface area (Å²) in [5, 5.41) is 0. The van der Waals surface area contributed by atoms with E-state index in [-0.39, 0.29) is 17.5 Å². The fourth-order valence-corrected chi connectivity index (χ4v) is 1.27. The van der Waals surface area contributed by atoms with E-state index < -0.39 is 12.5 Å².